The van der Waals surface area contributed by atoms with Crippen molar-refractivity contribution in [2.24, 2.45) is 5.73 Å². The number of pyridine rings is 1. The standard InChI is InChI=1S/C13H17N3.2ClH/c1-9(14)7-10-11-8-15-5-4-13(11)16-6-2-3-12(10)16;;/h4-5,8-9H,2-3,6-7,14H2,1H3;2*1H/t9-;;/m1../s1. The van der Waals surface area contributed by atoms with Crippen molar-refractivity contribution in [2.45, 2.75) is 38.8 Å². The van der Waals surface area contributed by atoms with E-state index in [0.717, 1.165) is 13.0 Å². The Morgan fingerprint density at radius 1 is 1.44 bits per heavy atom. The lowest BCUT2D eigenvalue weighted by molar-refractivity contribution is 0.733. The molecule has 3 rings (SSSR count). The molecular formula is C13H19Cl2N3. The predicted molar refractivity (Wildman–Crippen MR) is 79.9 cm³/mol. The molecule has 0 aliphatic carbocycles. The van der Waals surface area contributed by atoms with E-state index < -0.39 is 0 Å². The molecule has 5 heteroatoms. The van der Waals surface area contributed by atoms with Gasteiger partial charge in [0.05, 0.1) is 5.52 Å². The van der Waals surface area contributed by atoms with Gasteiger partial charge in [0, 0.05) is 36.1 Å². The highest BCUT2D eigenvalue weighted by Gasteiger charge is 2.21. The third-order valence-electron chi connectivity index (χ3n) is 3.41. The summed E-state index contributed by atoms with van der Waals surface area (Å²) in [6.07, 6.45) is 7.28. The molecule has 0 radical (unpaired) electrons. The molecular weight excluding hydrogens is 269 g/mol. The molecule has 2 aromatic heterocycles. The molecule has 2 N–H and O–H groups in total. The summed E-state index contributed by atoms with van der Waals surface area (Å²) in [4.78, 5) is 4.24. The predicted octanol–water partition coefficient (Wildman–Crippen LogP) is 2.72. The normalized spacial score (nSPS) is 14.8. The zero-order valence-electron chi connectivity index (χ0n) is 10.4. The van der Waals surface area contributed by atoms with E-state index in [-0.39, 0.29) is 30.9 Å². The fraction of sp³-hybridized carbons (Fsp3) is 0.462. The second-order valence-corrected chi connectivity index (χ2v) is 4.75. The summed E-state index contributed by atoms with van der Waals surface area (Å²) in [5.41, 5.74) is 10.2. The van der Waals surface area contributed by atoms with Gasteiger partial charge in [0.15, 0.2) is 0 Å². The van der Waals surface area contributed by atoms with Crippen LogP contribution in [0, 0.1) is 0 Å². The Labute approximate surface area is 120 Å². The van der Waals surface area contributed by atoms with Gasteiger partial charge < -0.3 is 10.3 Å². The number of nitrogens with two attached hydrogens (primary N) is 1. The van der Waals surface area contributed by atoms with Crippen molar-refractivity contribution in [2.75, 3.05) is 0 Å². The Morgan fingerprint density at radius 3 is 2.94 bits per heavy atom. The van der Waals surface area contributed by atoms with Gasteiger partial charge >= 0.3 is 0 Å². The maximum atomic E-state index is 5.94. The van der Waals surface area contributed by atoms with Gasteiger partial charge in [-0.2, -0.15) is 0 Å². The molecule has 0 saturated carbocycles. The van der Waals surface area contributed by atoms with E-state index in [2.05, 4.69) is 22.5 Å². The maximum absolute atomic E-state index is 5.94. The van der Waals surface area contributed by atoms with Gasteiger partial charge in [-0.15, -0.1) is 24.8 Å². The summed E-state index contributed by atoms with van der Waals surface area (Å²) < 4.78 is 2.44. The fourth-order valence-corrected chi connectivity index (χ4v) is 2.81. The quantitative estimate of drug-likeness (QED) is 0.923. The fourth-order valence-electron chi connectivity index (χ4n) is 2.81. The second kappa shape index (κ2) is 5.91. The van der Waals surface area contributed by atoms with E-state index in [4.69, 9.17) is 5.73 Å². The highest BCUT2D eigenvalue weighted by molar-refractivity contribution is 5.86. The van der Waals surface area contributed by atoms with Crippen molar-refractivity contribution in [1.29, 1.82) is 0 Å². The maximum Gasteiger partial charge on any atom is 0.0516 e. The van der Waals surface area contributed by atoms with Gasteiger partial charge in [0.25, 0.3) is 0 Å². The Hall–Kier alpha value is -0.770. The molecule has 3 heterocycles. The second-order valence-electron chi connectivity index (χ2n) is 4.75. The lowest BCUT2D eigenvalue weighted by Crippen LogP contribution is -2.18. The molecule has 18 heavy (non-hydrogen) atoms. The molecule has 0 aromatic carbocycles. The van der Waals surface area contributed by atoms with Crippen LogP contribution in [0.25, 0.3) is 10.9 Å². The Balaban J connectivity index is 0.000000810. The molecule has 0 spiro atoms. The number of aromatic nitrogens is 2. The minimum absolute atomic E-state index is 0. The SMILES string of the molecule is C[C@@H](N)Cc1c2n(c3ccncc13)CCC2.Cl.Cl. The first-order chi connectivity index (χ1) is 7.77. The van der Waals surface area contributed by atoms with E-state index in [9.17, 15) is 0 Å². The minimum atomic E-state index is 0. The van der Waals surface area contributed by atoms with Crippen LogP contribution in [0.2, 0.25) is 0 Å². The first kappa shape index (κ1) is 15.3. The molecule has 0 unspecified atom stereocenters. The molecule has 1 atom stereocenters. The number of fused-ring (bicyclic) bond motifs is 3. The van der Waals surface area contributed by atoms with Gasteiger partial charge in [0.1, 0.15) is 0 Å². The van der Waals surface area contributed by atoms with Crippen molar-refractivity contribution >= 4 is 35.7 Å². The molecule has 0 amide bonds. The zero-order chi connectivity index (χ0) is 11.1. The van der Waals surface area contributed by atoms with Crippen molar-refractivity contribution in [3.05, 3.63) is 29.7 Å². The van der Waals surface area contributed by atoms with Crippen LogP contribution in [0.3, 0.4) is 0 Å². The van der Waals surface area contributed by atoms with Gasteiger partial charge in [0.2, 0.25) is 0 Å². The summed E-state index contributed by atoms with van der Waals surface area (Å²) in [6.45, 7) is 3.22. The van der Waals surface area contributed by atoms with Crippen LogP contribution in [-0.4, -0.2) is 15.6 Å². The first-order valence-electron chi connectivity index (χ1n) is 5.97. The molecule has 0 saturated heterocycles. The van der Waals surface area contributed by atoms with Crippen molar-refractivity contribution < 1.29 is 0 Å². The summed E-state index contributed by atoms with van der Waals surface area (Å²) >= 11 is 0. The van der Waals surface area contributed by atoms with Gasteiger partial charge in [-0.25, -0.2) is 0 Å². The topological polar surface area (TPSA) is 43.8 Å². The third kappa shape index (κ3) is 2.35. The van der Waals surface area contributed by atoms with E-state index in [0.29, 0.717) is 0 Å². The van der Waals surface area contributed by atoms with E-state index in [1.807, 2.05) is 12.4 Å². The molecule has 2 aromatic rings. The Kier molecular flexibility index (Phi) is 5.02. The number of halogens is 2. The molecule has 100 valence electrons. The van der Waals surface area contributed by atoms with Gasteiger partial charge in [-0.3, -0.25) is 4.98 Å². The summed E-state index contributed by atoms with van der Waals surface area (Å²) in [7, 11) is 0. The lowest BCUT2D eigenvalue weighted by atomic mass is 10.0. The van der Waals surface area contributed by atoms with Crippen LogP contribution < -0.4 is 5.73 Å². The monoisotopic (exact) mass is 287 g/mol. The van der Waals surface area contributed by atoms with Crippen LogP contribution in [-0.2, 0) is 19.4 Å². The highest BCUT2D eigenvalue weighted by Crippen LogP contribution is 2.31. The Morgan fingerprint density at radius 2 is 2.22 bits per heavy atom. The zero-order valence-corrected chi connectivity index (χ0v) is 12.1. The number of hydrogen-bond donors (Lipinski definition) is 1. The van der Waals surface area contributed by atoms with E-state index >= 15 is 0 Å². The molecule has 0 bridgehead atoms. The van der Waals surface area contributed by atoms with Crippen LogP contribution in [0.5, 0.6) is 0 Å². The highest BCUT2D eigenvalue weighted by atomic mass is 35.5. The van der Waals surface area contributed by atoms with Crippen molar-refractivity contribution in [3.63, 3.8) is 0 Å². The number of rotatable bonds is 2. The lowest BCUT2D eigenvalue weighted by Gasteiger charge is -2.05. The van der Waals surface area contributed by atoms with E-state index in [1.54, 1.807) is 0 Å². The third-order valence-corrected chi connectivity index (χ3v) is 3.41. The molecule has 1 aliphatic rings. The number of nitrogens with zero attached hydrogens (tertiary/aromatic N) is 2. The van der Waals surface area contributed by atoms with Crippen LogP contribution in [0.1, 0.15) is 24.6 Å². The minimum Gasteiger partial charge on any atom is -0.344 e. The van der Waals surface area contributed by atoms with Gasteiger partial charge in [-0.05, 0) is 37.8 Å². The largest absolute Gasteiger partial charge is 0.344 e. The molecule has 3 nitrogen and oxygen atoms in total. The first-order valence-corrected chi connectivity index (χ1v) is 5.97. The summed E-state index contributed by atoms with van der Waals surface area (Å²) in [5, 5.41) is 1.30. The summed E-state index contributed by atoms with van der Waals surface area (Å²) in [6, 6.07) is 2.34. The van der Waals surface area contributed by atoms with Gasteiger partial charge in [-0.1, -0.05) is 0 Å². The van der Waals surface area contributed by atoms with Crippen LogP contribution >= 0.6 is 24.8 Å². The molecule has 1 aliphatic heterocycles. The average molecular weight is 288 g/mol. The number of hydrogen-bond acceptors (Lipinski definition) is 2. The van der Waals surface area contributed by atoms with Crippen LogP contribution in [0.4, 0.5) is 0 Å². The van der Waals surface area contributed by atoms with Crippen molar-refractivity contribution in [3.8, 4) is 0 Å². The number of aryl methyl sites for hydroxylation is 1. The Bertz CT molecular complexity index is 534. The van der Waals surface area contributed by atoms with E-state index in [1.165, 1.54) is 35.0 Å². The van der Waals surface area contributed by atoms with Crippen LogP contribution in [0.15, 0.2) is 18.5 Å². The average Bonchev–Trinajstić information content (AvgIpc) is 2.82. The smallest absolute Gasteiger partial charge is 0.0516 e. The summed E-state index contributed by atoms with van der Waals surface area (Å²) in [5.74, 6) is 0. The van der Waals surface area contributed by atoms with Crippen molar-refractivity contribution in [1.82, 2.24) is 9.55 Å². The molecule has 0 fully saturated rings.